The van der Waals surface area contributed by atoms with Gasteiger partial charge in [0, 0.05) is 0 Å². The number of rotatable bonds is 2. The van der Waals surface area contributed by atoms with Gasteiger partial charge in [0.15, 0.2) is 0 Å². The Morgan fingerprint density at radius 1 is 0.917 bits per heavy atom. The first-order valence-corrected chi connectivity index (χ1v) is 5.77. The molecule has 0 nitrogen and oxygen atoms in total. The lowest BCUT2D eigenvalue weighted by atomic mass is 9.93. The van der Waals surface area contributed by atoms with Crippen molar-refractivity contribution < 1.29 is 0 Å². The Balaban J connectivity index is 2.19. The molecule has 0 N–H and O–H groups in total. The van der Waals surface area contributed by atoms with Crippen molar-refractivity contribution in [3.8, 4) is 0 Å². The average Bonchev–Trinajstić information content (AvgIpc) is 2.19. The van der Waals surface area contributed by atoms with Crippen molar-refractivity contribution in [1.82, 2.24) is 0 Å². The highest BCUT2D eigenvalue weighted by atomic mass is 14.1. The van der Waals surface area contributed by atoms with E-state index in [0.717, 1.165) is 5.92 Å². The van der Waals surface area contributed by atoms with E-state index < -0.39 is 0 Å². The predicted octanol–water partition coefficient (Wildman–Crippen LogP) is 4.35. The minimum absolute atomic E-state index is 0.952. The Bertz CT molecular complexity index is 86.2. The molecule has 1 aliphatic rings. The Morgan fingerprint density at radius 2 is 1.42 bits per heavy atom. The molecule has 0 saturated heterocycles. The first-order valence-electron chi connectivity index (χ1n) is 5.77. The SMILES string of the molecule is CC[CH]C1CCCCCCCC1. The molecule has 0 aliphatic heterocycles. The zero-order valence-corrected chi connectivity index (χ0v) is 8.52. The summed E-state index contributed by atoms with van der Waals surface area (Å²) in [4.78, 5) is 0. The van der Waals surface area contributed by atoms with Crippen LogP contribution in [0.15, 0.2) is 0 Å². The zero-order chi connectivity index (χ0) is 8.65. The molecule has 0 aromatic carbocycles. The molecule has 12 heavy (non-hydrogen) atoms. The van der Waals surface area contributed by atoms with E-state index in [9.17, 15) is 0 Å². The van der Waals surface area contributed by atoms with Crippen molar-refractivity contribution in [3.63, 3.8) is 0 Å². The smallest absolute Gasteiger partial charge is 0.0357 e. The lowest BCUT2D eigenvalue weighted by Crippen LogP contribution is -2.00. The molecule has 0 aromatic rings. The summed E-state index contributed by atoms with van der Waals surface area (Å²) in [6, 6.07) is 0. The number of hydrogen-bond acceptors (Lipinski definition) is 0. The molecule has 0 unspecified atom stereocenters. The fourth-order valence-electron chi connectivity index (χ4n) is 2.23. The van der Waals surface area contributed by atoms with Gasteiger partial charge in [-0.1, -0.05) is 64.7 Å². The topological polar surface area (TPSA) is 0 Å². The van der Waals surface area contributed by atoms with Gasteiger partial charge in [0.2, 0.25) is 0 Å². The van der Waals surface area contributed by atoms with Gasteiger partial charge in [0.25, 0.3) is 0 Å². The van der Waals surface area contributed by atoms with E-state index >= 15 is 0 Å². The Kier molecular flexibility index (Phi) is 5.47. The second-order valence-corrected chi connectivity index (χ2v) is 4.10. The molecule has 1 aliphatic carbocycles. The van der Waals surface area contributed by atoms with Gasteiger partial charge in [0.05, 0.1) is 0 Å². The third-order valence-electron chi connectivity index (χ3n) is 2.97. The van der Waals surface area contributed by atoms with E-state index in [1.165, 1.54) is 57.8 Å². The van der Waals surface area contributed by atoms with Crippen molar-refractivity contribution in [2.75, 3.05) is 0 Å². The van der Waals surface area contributed by atoms with Gasteiger partial charge in [0.1, 0.15) is 0 Å². The van der Waals surface area contributed by atoms with Gasteiger partial charge in [-0.3, -0.25) is 0 Å². The lowest BCUT2D eigenvalue weighted by molar-refractivity contribution is 0.471. The Hall–Kier alpha value is 0. The summed E-state index contributed by atoms with van der Waals surface area (Å²) in [6.07, 6.45) is 15.6. The maximum atomic E-state index is 2.53. The van der Waals surface area contributed by atoms with Crippen LogP contribution in [0.1, 0.15) is 64.7 Å². The van der Waals surface area contributed by atoms with Gasteiger partial charge in [-0.2, -0.15) is 0 Å². The second kappa shape index (κ2) is 6.51. The summed E-state index contributed by atoms with van der Waals surface area (Å²) in [7, 11) is 0. The summed E-state index contributed by atoms with van der Waals surface area (Å²) in [5.74, 6) is 0.952. The van der Waals surface area contributed by atoms with Crippen molar-refractivity contribution in [1.29, 1.82) is 0 Å². The molecule has 1 saturated carbocycles. The van der Waals surface area contributed by atoms with Crippen LogP contribution in [0.25, 0.3) is 0 Å². The molecule has 71 valence electrons. The third-order valence-corrected chi connectivity index (χ3v) is 2.97. The highest BCUT2D eigenvalue weighted by Crippen LogP contribution is 2.24. The summed E-state index contributed by atoms with van der Waals surface area (Å²) in [5, 5.41) is 0. The van der Waals surface area contributed by atoms with Crippen LogP contribution in [0.3, 0.4) is 0 Å². The molecule has 1 rings (SSSR count). The summed E-state index contributed by atoms with van der Waals surface area (Å²) < 4.78 is 0. The first kappa shape index (κ1) is 10.1. The zero-order valence-electron chi connectivity index (χ0n) is 8.52. The average molecular weight is 167 g/mol. The van der Waals surface area contributed by atoms with Crippen molar-refractivity contribution >= 4 is 0 Å². The second-order valence-electron chi connectivity index (χ2n) is 4.10. The van der Waals surface area contributed by atoms with Crippen LogP contribution in [-0.4, -0.2) is 0 Å². The highest BCUT2D eigenvalue weighted by Gasteiger charge is 2.08. The molecule has 0 spiro atoms. The normalized spacial score (nSPS) is 22.8. The lowest BCUT2D eigenvalue weighted by Gasteiger charge is -2.13. The van der Waals surface area contributed by atoms with E-state index in [2.05, 4.69) is 13.3 Å². The van der Waals surface area contributed by atoms with E-state index in [1.54, 1.807) is 0 Å². The monoisotopic (exact) mass is 167 g/mol. The molecule has 0 heteroatoms. The van der Waals surface area contributed by atoms with Crippen LogP contribution in [-0.2, 0) is 0 Å². The first-order chi connectivity index (χ1) is 5.93. The standard InChI is InChI=1S/C12H23/c1-2-9-12-10-7-5-3-4-6-8-11-12/h9,12H,2-8,10-11H2,1H3. The fourth-order valence-corrected chi connectivity index (χ4v) is 2.23. The molecule has 0 bridgehead atoms. The summed E-state index contributed by atoms with van der Waals surface area (Å²) >= 11 is 0. The Labute approximate surface area is 77.7 Å². The van der Waals surface area contributed by atoms with Crippen LogP contribution in [0.4, 0.5) is 0 Å². The molecule has 0 atom stereocenters. The van der Waals surface area contributed by atoms with E-state index in [-0.39, 0.29) is 0 Å². The number of hydrogen-bond donors (Lipinski definition) is 0. The van der Waals surface area contributed by atoms with Gasteiger partial charge < -0.3 is 0 Å². The minimum Gasteiger partial charge on any atom is -0.0651 e. The molecule has 1 radical (unpaired) electrons. The van der Waals surface area contributed by atoms with Crippen LogP contribution in [0.2, 0.25) is 0 Å². The molecule has 0 heterocycles. The van der Waals surface area contributed by atoms with Crippen molar-refractivity contribution in [2.45, 2.75) is 64.7 Å². The minimum atomic E-state index is 0.952. The fraction of sp³-hybridized carbons (Fsp3) is 0.917. The largest absolute Gasteiger partial charge is 0.0651 e. The maximum Gasteiger partial charge on any atom is -0.0357 e. The summed E-state index contributed by atoms with van der Waals surface area (Å²) in [6.45, 7) is 2.27. The molecular weight excluding hydrogens is 144 g/mol. The van der Waals surface area contributed by atoms with Gasteiger partial charge in [-0.25, -0.2) is 0 Å². The summed E-state index contributed by atoms with van der Waals surface area (Å²) in [5.41, 5.74) is 0. The van der Waals surface area contributed by atoms with Crippen LogP contribution >= 0.6 is 0 Å². The van der Waals surface area contributed by atoms with E-state index in [0.29, 0.717) is 0 Å². The van der Waals surface area contributed by atoms with E-state index in [4.69, 9.17) is 0 Å². The molecule has 0 aromatic heterocycles. The Morgan fingerprint density at radius 3 is 1.92 bits per heavy atom. The van der Waals surface area contributed by atoms with Crippen LogP contribution in [0, 0.1) is 12.3 Å². The molecule has 1 fully saturated rings. The quantitative estimate of drug-likeness (QED) is 0.573. The maximum absolute atomic E-state index is 2.53. The van der Waals surface area contributed by atoms with Gasteiger partial charge in [-0.15, -0.1) is 0 Å². The van der Waals surface area contributed by atoms with Crippen LogP contribution < -0.4 is 0 Å². The van der Waals surface area contributed by atoms with Gasteiger partial charge >= 0.3 is 0 Å². The van der Waals surface area contributed by atoms with Crippen LogP contribution in [0.5, 0.6) is 0 Å². The molecular formula is C12H23. The predicted molar refractivity (Wildman–Crippen MR) is 55.0 cm³/mol. The van der Waals surface area contributed by atoms with E-state index in [1.807, 2.05) is 0 Å². The van der Waals surface area contributed by atoms with Crippen molar-refractivity contribution in [2.24, 2.45) is 5.92 Å². The highest BCUT2D eigenvalue weighted by molar-refractivity contribution is 4.75. The third kappa shape index (κ3) is 4.13. The van der Waals surface area contributed by atoms with Gasteiger partial charge in [-0.05, 0) is 12.3 Å². The van der Waals surface area contributed by atoms with Crippen molar-refractivity contribution in [3.05, 3.63) is 6.42 Å². The molecule has 0 amide bonds.